The van der Waals surface area contributed by atoms with Gasteiger partial charge in [-0.2, -0.15) is 11.8 Å². The quantitative estimate of drug-likeness (QED) is 0.767. The summed E-state index contributed by atoms with van der Waals surface area (Å²) in [4.78, 5) is 11.9. The molecule has 6 heteroatoms. The molecular weight excluding hydrogens is 298 g/mol. The number of nitrogens with one attached hydrogen (secondary N) is 2. The molecule has 118 valence electrons. The van der Waals surface area contributed by atoms with Gasteiger partial charge in [0.25, 0.3) is 0 Å². The van der Waals surface area contributed by atoms with Crippen molar-refractivity contribution in [2.24, 2.45) is 0 Å². The molecule has 1 unspecified atom stereocenters. The second-order valence-corrected chi connectivity index (χ2v) is 6.24. The molecule has 0 saturated heterocycles. The predicted molar refractivity (Wildman–Crippen MR) is 91.8 cm³/mol. The van der Waals surface area contributed by atoms with Gasteiger partial charge in [0.2, 0.25) is 0 Å². The van der Waals surface area contributed by atoms with Gasteiger partial charge in [0.05, 0.1) is 5.60 Å². The smallest absolute Gasteiger partial charge is 0.319 e. The number of aliphatic hydroxyl groups is 1. The molecule has 0 aliphatic rings. The first kappa shape index (κ1) is 16.5. The Hall–Kier alpha value is -1.92. The van der Waals surface area contributed by atoms with Crippen molar-refractivity contribution in [3.63, 3.8) is 0 Å². The van der Waals surface area contributed by atoms with E-state index in [-0.39, 0.29) is 12.6 Å². The van der Waals surface area contributed by atoms with Crippen LogP contribution in [-0.2, 0) is 0 Å². The van der Waals surface area contributed by atoms with E-state index < -0.39 is 5.60 Å². The summed E-state index contributed by atoms with van der Waals surface area (Å²) >= 11 is 1.54. The Morgan fingerprint density at radius 1 is 1.32 bits per heavy atom. The Balaban J connectivity index is 1.93. The molecule has 0 spiro atoms. The van der Waals surface area contributed by atoms with Crippen LogP contribution in [0.1, 0.15) is 6.92 Å². The summed E-state index contributed by atoms with van der Waals surface area (Å²) in [5, 5.41) is 15.5. The van der Waals surface area contributed by atoms with Crippen molar-refractivity contribution in [1.29, 1.82) is 0 Å². The highest BCUT2D eigenvalue weighted by atomic mass is 32.2. The highest BCUT2D eigenvalue weighted by Crippen LogP contribution is 2.15. The minimum absolute atomic E-state index is 0.205. The second kappa shape index (κ2) is 7.38. The standard InChI is InChI=1S/C16H21N3O2S/c1-16(21,12-22-2)11-17-15(20)18-13-6-5-7-14(10-13)19-8-3-4-9-19/h3-10,21H,11-12H2,1-2H3,(H2,17,18,20). The number of amides is 2. The van der Waals surface area contributed by atoms with Crippen molar-refractivity contribution in [3.05, 3.63) is 48.8 Å². The first-order valence-electron chi connectivity index (χ1n) is 7.00. The van der Waals surface area contributed by atoms with Crippen molar-refractivity contribution < 1.29 is 9.90 Å². The zero-order valence-corrected chi connectivity index (χ0v) is 13.6. The molecule has 1 atom stereocenters. The van der Waals surface area contributed by atoms with Gasteiger partial charge in [-0.3, -0.25) is 0 Å². The molecule has 0 aliphatic carbocycles. The number of benzene rings is 1. The lowest BCUT2D eigenvalue weighted by Gasteiger charge is -2.22. The zero-order chi connectivity index (χ0) is 16.0. The Morgan fingerprint density at radius 3 is 2.73 bits per heavy atom. The molecule has 2 rings (SSSR count). The largest absolute Gasteiger partial charge is 0.387 e. The normalized spacial score (nSPS) is 13.4. The number of carbonyl (C=O) groups excluding carboxylic acids is 1. The molecule has 2 amide bonds. The van der Waals surface area contributed by atoms with Crippen molar-refractivity contribution >= 4 is 23.5 Å². The highest BCUT2D eigenvalue weighted by molar-refractivity contribution is 7.98. The second-order valence-electron chi connectivity index (χ2n) is 5.38. The minimum atomic E-state index is -0.913. The fourth-order valence-corrected chi connectivity index (χ4v) is 2.78. The molecule has 0 fully saturated rings. The van der Waals surface area contributed by atoms with Crippen LogP contribution >= 0.6 is 11.8 Å². The Kier molecular flexibility index (Phi) is 5.51. The van der Waals surface area contributed by atoms with E-state index in [9.17, 15) is 9.90 Å². The number of aromatic nitrogens is 1. The van der Waals surface area contributed by atoms with Gasteiger partial charge in [-0.25, -0.2) is 4.79 Å². The van der Waals surface area contributed by atoms with Crippen LogP contribution in [-0.4, -0.2) is 39.9 Å². The summed E-state index contributed by atoms with van der Waals surface area (Å²) in [6.07, 6.45) is 5.80. The van der Waals surface area contributed by atoms with E-state index in [1.54, 1.807) is 18.7 Å². The SMILES string of the molecule is CSCC(C)(O)CNC(=O)Nc1cccc(-n2cccc2)c1. The van der Waals surface area contributed by atoms with Crippen LogP contribution in [0.4, 0.5) is 10.5 Å². The Labute approximate surface area is 134 Å². The fourth-order valence-electron chi connectivity index (χ4n) is 2.06. The molecule has 0 aliphatic heterocycles. The third-order valence-electron chi connectivity index (χ3n) is 3.09. The van der Waals surface area contributed by atoms with Gasteiger partial charge in [-0.05, 0) is 43.5 Å². The molecule has 1 heterocycles. The monoisotopic (exact) mass is 319 g/mol. The van der Waals surface area contributed by atoms with E-state index >= 15 is 0 Å². The highest BCUT2D eigenvalue weighted by Gasteiger charge is 2.20. The van der Waals surface area contributed by atoms with E-state index in [0.29, 0.717) is 11.4 Å². The van der Waals surface area contributed by atoms with E-state index in [1.807, 2.05) is 59.6 Å². The Morgan fingerprint density at radius 2 is 2.05 bits per heavy atom. The number of hydrogen-bond acceptors (Lipinski definition) is 3. The molecule has 3 N–H and O–H groups in total. The summed E-state index contributed by atoms with van der Waals surface area (Å²) in [6, 6.07) is 11.1. The van der Waals surface area contributed by atoms with Crippen LogP contribution in [0.3, 0.4) is 0 Å². The third-order valence-corrected chi connectivity index (χ3v) is 4.00. The summed E-state index contributed by atoms with van der Waals surface area (Å²) in [5.41, 5.74) is 0.759. The summed E-state index contributed by atoms with van der Waals surface area (Å²) in [6.45, 7) is 1.91. The van der Waals surface area contributed by atoms with Crippen LogP contribution in [0.15, 0.2) is 48.8 Å². The van der Waals surface area contributed by atoms with E-state index in [2.05, 4.69) is 10.6 Å². The number of hydrogen-bond donors (Lipinski definition) is 3. The minimum Gasteiger partial charge on any atom is -0.387 e. The van der Waals surface area contributed by atoms with E-state index in [1.165, 1.54) is 0 Å². The molecule has 0 bridgehead atoms. The average molecular weight is 319 g/mol. The first-order valence-corrected chi connectivity index (χ1v) is 8.39. The molecular formula is C16H21N3O2S. The number of carbonyl (C=O) groups is 1. The van der Waals surface area contributed by atoms with Crippen LogP contribution in [0.5, 0.6) is 0 Å². The maximum absolute atomic E-state index is 11.9. The predicted octanol–water partition coefficient (Wildman–Crippen LogP) is 2.71. The molecule has 22 heavy (non-hydrogen) atoms. The van der Waals surface area contributed by atoms with Gasteiger partial charge < -0.3 is 20.3 Å². The number of rotatable bonds is 6. The van der Waals surface area contributed by atoms with Gasteiger partial charge >= 0.3 is 6.03 Å². The van der Waals surface area contributed by atoms with Gasteiger partial charge in [0.1, 0.15) is 0 Å². The number of thioether (sulfide) groups is 1. The fraction of sp³-hybridized carbons (Fsp3) is 0.312. The molecule has 5 nitrogen and oxygen atoms in total. The summed E-state index contributed by atoms with van der Waals surface area (Å²) in [7, 11) is 0. The van der Waals surface area contributed by atoms with Crippen LogP contribution < -0.4 is 10.6 Å². The van der Waals surface area contributed by atoms with Crippen molar-refractivity contribution in [1.82, 2.24) is 9.88 Å². The van der Waals surface area contributed by atoms with Gasteiger partial charge in [-0.15, -0.1) is 0 Å². The van der Waals surface area contributed by atoms with Gasteiger partial charge in [-0.1, -0.05) is 6.07 Å². The topological polar surface area (TPSA) is 66.3 Å². The van der Waals surface area contributed by atoms with E-state index in [4.69, 9.17) is 0 Å². The molecule has 1 aromatic heterocycles. The molecule has 2 aromatic rings. The average Bonchev–Trinajstić information content (AvgIpc) is 3.00. The number of anilines is 1. The molecule has 1 aromatic carbocycles. The maximum atomic E-state index is 11.9. The van der Waals surface area contributed by atoms with Crippen molar-refractivity contribution in [3.8, 4) is 5.69 Å². The van der Waals surface area contributed by atoms with E-state index in [0.717, 1.165) is 5.69 Å². The Bertz CT molecular complexity index is 612. The molecule has 0 saturated carbocycles. The zero-order valence-electron chi connectivity index (χ0n) is 12.7. The van der Waals surface area contributed by atoms with Crippen LogP contribution in [0.25, 0.3) is 5.69 Å². The first-order chi connectivity index (χ1) is 10.5. The van der Waals surface area contributed by atoms with Crippen molar-refractivity contribution in [2.45, 2.75) is 12.5 Å². The lowest BCUT2D eigenvalue weighted by Crippen LogP contribution is -2.43. The number of urea groups is 1. The number of nitrogens with zero attached hydrogens (tertiary/aromatic N) is 1. The van der Waals surface area contributed by atoms with Crippen LogP contribution in [0.2, 0.25) is 0 Å². The lowest BCUT2D eigenvalue weighted by molar-refractivity contribution is 0.0876. The summed E-state index contributed by atoms with van der Waals surface area (Å²) < 4.78 is 1.96. The lowest BCUT2D eigenvalue weighted by atomic mass is 10.1. The van der Waals surface area contributed by atoms with Crippen LogP contribution in [0, 0.1) is 0 Å². The van der Waals surface area contributed by atoms with Gasteiger partial charge in [0, 0.05) is 36.1 Å². The van der Waals surface area contributed by atoms with Crippen molar-refractivity contribution in [2.75, 3.05) is 23.9 Å². The molecule has 0 radical (unpaired) electrons. The maximum Gasteiger partial charge on any atom is 0.319 e. The summed E-state index contributed by atoms with van der Waals surface area (Å²) in [5.74, 6) is 0.566. The van der Waals surface area contributed by atoms with Gasteiger partial charge in [0.15, 0.2) is 0 Å². The third kappa shape index (κ3) is 4.82.